The lowest BCUT2D eigenvalue weighted by Gasteiger charge is -2.28. The summed E-state index contributed by atoms with van der Waals surface area (Å²) in [6, 6.07) is 1.93. The highest BCUT2D eigenvalue weighted by molar-refractivity contribution is 5.57. The molecule has 1 aromatic carbocycles. The summed E-state index contributed by atoms with van der Waals surface area (Å²) in [7, 11) is 0. The number of hydrogen-bond acceptors (Lipinski definition) is 2. The second-order valence-electron chi connectivity index (χ2n) is 7.14. The van der Waals surface area contributed by atoms with Crippen LogP contribution in [0.5, 0.6) is 11.5 Å². The van der Waals surface area contributed by atoms with Crippen molar-refractivity contribution in [3.05, 3.63) is 35.4 Å². The third kappa shape index (κ3) is 3.12. The van der Waals surface area contributed by atoms with Crippen molar-refractivity contribution in [1.82, 2.24) is 0 Å². The van der Waals surface area contributed by atoms with Gasteiger partial charge in [0.05, 0.1) is 0 Å². The quantitative estimate of drug-likeness (QED) is 0.774. The van der Waals surface area contributed by atoms with Gasteiger partial charge in [0.2, 0.25) is 0 Å². The highest BCUT2D eigenvalue weighted by Crippen LogP contribution is 2.44. The van der Waals surface area contributed by atoms with Crippen LogP contribution in [0.2, 0.25) is 0 Å². The molecule has 0 saturated carbocycles. The molecule has 0 atom stereocenters. The van der Waals surface area contributed by atoms with Crippen LogP contribution in [0, 0.1) is 0 Å². The van der Waals surface area contributed by atoms with Crippen LogP contribution in [-0.2, 0) is 17.3 Å². The normalized spacial score (nSPS) is 12.5. The molecule has 0 bridgehead atoms. The predicted molar refractivity (Wildman–Crippen MR) is 81.1 cm³/mol. The van der Waals surface area contributed by atoms with Crippen LogP contribution < -0.4 is 0 Å². The number of rotatable bonds is 2. The second-order valence-corrected chi connectivity index (χ2v) is 7.14. The van der Waals surface area contributed by atoms with Gasteiger partial charge in [0.25, 0.3) is 0 Å². The van der Waals surface area contributed by atoms with Gasteiger partial charge in [0, 0.05) is 16.7 Å². The summed E-state index contributed by atoms with van der Waals surface area (Å²) in [5.41, 5.74) is 1.97. The molecule has 0 heterocycles. The number of phenolic OH excluding ortho intramolecular Hbond substituents is 2. The van der Waals surface area contributed by atoms with Crippen LogP contribution in [0.15, 0.2) is 18.7 Å². The molecule has 2 N–H and O–H groups in total. The Balaban J connectivity index is 3.70. The molecule has 0 aromatic heterocycles. The Morgan fingerprint density at radius 2 is 1.32 bits per heavy atom. The van der Waals surface area contributed by atoms with Gasteiger partial charge in [0.15, 0.2) is 0 Å². The van der Waals surface area contributed by atoms with Gasteiger partial charge < -0.3 is 10.2 Å². The first-order valence-electron chi connectivity index (χ1n) is 6.69. The van der Waals surface area contributed by atoms with E-state index in [0.29, 0.717) is 12.0 Å². The molecule has 0 amide bonds. The van der Waals surface area contributed by atoms with Gasteiger partial charge in [-0.25, -0.2) is 0 Å². The molecule has 0 radical (unpaired) electrons. The smallest absolute Gasteiger partial charge is 0.126 e. The van der Waals surface area contributed by atoms with E-state index in [9.17, 15) is 10.2 Å². The van der Waals surface area contributed by atoms with Crippen LogP contribution in [-0.4, -0.2) is 10.2 Å². The summed E-state index contributed by atoms with van der Waals surface area (Å²) in [6.45, 7) is 16.1. The summed E-state index contributed by atoms with van der Waals surface area (Å²) in [6.07, 6.45) is 2.16. The minimum Gasteiger partial charge on any atom is -0.507 e. The Morgan fingerprint density at radius 1 is 0.947 bits per heavy atom. The van der Waals surface area contributed by atoms with E-state index in [-0.39, 0.29) is 22.3 Å². The molecule has 0 saturated heterocycles. The number of allylic oxidation sites excluding steroid dienone is 1. The van der Waals surface area contributed by atoms with Gasteiger partial charge in [-0.2, -0.15) is 0 Å². The summed E-state index contributed by atoms with van der Waals surface area (Å²) >= 11 is 0. The minimum absolute atomic E-state index is 0.173. The van der Waals surface area contributed by atoms with Gasteiger partial charge >= 0.3 is 0 Å². The Morgan fingerprint density at radius 3 is 1.58 bits per heavy atom. The lowest BCUT2D eigenvalue weighted by atomic mass is 9.78. The molecule has 1 aromatic rings. The fourth-order valence-electron chi connectivity index (χ4n) is 2.20. The van der Waals surface area contributed by atoms with Crippen molar-refractivity contribution in [2.45, 2.75) is 58.8 Å². The fraction of sp³-hybridized carbons (Fsp3) is 0.529. The summed E-state index contributed by atoms with van der Waals surface area (Å²) in [5.74, 6) is 0.385. The SMILES string of the molecule is C=CCc1c(O)c(C(C)(C)C)cc(C(C)(C)C)c1O. The van der Waals surface area contributed by atoms with Crippen molar-refractivity contribution < 1.29 is 10.2 Å². The number of hydrogen-bond donors (Lipinski definition) is 2. The zero-order chi connectivity index (χ0) is 15.0. The van der Waals surface area contributed by atoms with Gasteiger partial charge in [0.1, 0.15) is 11.5 Å². The van der Waals surface area contributed by atoms with E-state index in [1.165, 1.54) is 0 Å². The van der Waals surface area contributed by atoms with Crippen LogP contribution >= 0.6 is 0 Å². The maximum atomic E-state index is 10.4. The molecule has 0 unspecified atom stereocenters. The van der Waals surface area contributed by atoms with E-state index in [1.807, 2.05) is 6.07 Å². The van der Waals surface area contributed by atoms with E-state index in [4.69, 9.17) is 0 Å². The molecule has 0 aliphatic heterocycles. The molecule has 0 fully saturated rings. The van der Waals surface area contributed by atoms with Gasteiger partial charge in [-0.15, -0.1) is 6.58 Å². The van der Waals surface area contributed by atoms with Crippen molar-refractivity contribution in [2.75, 3.05) is 0 Å². The molecule has 0 aliphatic carbocycles. The lowest BCUT2D eigenvalue weighted by Crippen LogP contribution is -2.18. The fourth-order valence-corrected chi connectivity index (χ4v) is 2.20. The molecular formula is C17H26O2. The second kappa shape index (κ2) is 4.92. The molecule has 0 spiro atoms. The number of aromatic hydroxyl groups is 2. The van der Waals surface area contributed by atoms with Gasteiger partial charge in [-0.3, -0.25) is 0 Å². The number of benzene rings is 1. The predicted octanol–water partition coefficient (Wildman–Crippen LogP) is 4.42. The van der Waals surface area contributed by atoms with Crippen LogP contribution in [0.25, 0.3) is 0 Å². The Bertz CT molecular complexity index is 447. The van der Waals surface area contributed by atoms with E-state index in [1.54, 1.807) is 6.08 Å². The van der Waals surface area contributed by atoms with Crippen molar-refractivity contribution in [1.29, 1.82) is 0 Å². The van der Waals surface area contributed by atoms with E-state index in [2.05, 4.69) is 48.1 Å². The van der Waals surface area contributed by atoms with Crippen molar-refractivity contribution in [3.8, 4) is 11.5 Å². The largest absolute Gasteiger partial charge is 0.507 e. The Hall–Kier alpha value is -1.44. The van der Waals surface area contributed by atoms with Crippen molar-refractivity contribution in [2.24, 2.45) is 0 Å². The highest BCUT2D eigenvalue weighted by atomic mass is 16.3. The maximum Gasteiger partial charge on any atom is 0.126 e. The molecule has 2 heteroatoms. The average Bonchev–Trinajstić information content (AvgIpc) is 2.20. The summed E-state index contributed by atoms with van der Waals surface area (Å²) in [4.78, 5) is 0. The maximum absolute atomic E-state index is 10.4. The first kappa shape index (κ1) is 15.6. The summed E-state index contributed by atoms with van der Waals surface area (Å²) < 4.78 is 0. The molecule has 19 heavy (non-hydrogen) atoms. The minimum atomic E-state index is -0.173. The standard InChI is InChI=1S/C17H26O2/c1-8-9-11-14(18)12(16(2,3)4)10-13(15(11)19)17(5,6)7/h8,10,18-19H,1,9H2,2-7H3. The van der Waals surface area contributed by atoms with Crippen LogP contribution in [0.4, 0.5) is 0 Å². The van der Waals surface area contributed by atoms with Gasteiger partial charge in [-0.05, 0) is 23.3 Å². The molecular weight excluding hydrogens is 236 g/mol. The van der Waals surface area contributed by atoms with E-state index < -0.39 is 0 Å². The molecule has 0 aliphatic rings. The third-order valence-corrected chi connectivity index (χ3v) is 3.34. The van der Waals surface area contributed by atoms with Crippen molar-refractivity contribution in [3.63, 3.8) is 0 Å². The monoisotopic (exact) mass is 262 g/mol. The average molecular weight is 262 g/mol. The lowest BCUT2D eigenvalue weighted by molar-refractivity contribution is 0.409. The summed E-state index contributed by atoms with van der Waals surface area (Å²) in [5, 5.41) is 20.8. The van der Waals surface area contributed by atoms with Crippen LogP contribution in [0.3, 0.4) is 0 Å². The zero-order valence-electron chi connectivity index (χ0n) is 13.0. The first-order valence-corrected chi connectivity index (χ1v) is 6.69. The topological polar surface area (TPSA) is 40.5 Å². The Labute approximate surface area is 116 Å². The number of phenols is 2. The van der Waals surface area contributed by atoms with E-state index in [0.717, 1.165) is 11.1 Å². The third-order valence-electron chi connectivity index (χ3n) is 3.34. The molecule has 1 rings (SSSR count). The zero-order valence-corrected chi connectivity index (χ0v) is 13.0. The Kier molecular flexibility index (Phi) is 4.04. The molecule has 2 nitrogen and oxygen atoms in total. The van der Waals surface area contributed by atoms with Crippen molar-refractivity contribution >= 4 is 0 Å². The van der Waals surface area contributed by atoms with E-state index >= 15 is 0 Å². The van der Waals surface area contributed by atoms with Gasteiger partial charge in [-0.1, -0.05) is 47.6 Å². The first-order chi connectivity index (χ1) is 8.50. The highest BCUT2D eigenvalue weighted by Gasteiger charge is 2.28. The van der Waals surface area contributed by atoms with Crippen LogP contribution in [0.1, 0.15) is 58.2 Å². The molecule has 106 valence electrons.